The Morgan fingerprint density at radius 3 is 2.57 bits per heavy atom. The summed E-state index contributed by atoms with van der Waals surface area (Å²) in [4.78, 5) is 14.1. The first-order valence-electron chi connectivity index (χ1n) is 6.21. The van der Waals surface area contributed by atoms with E-state index in [-0.39, 0.29) is 11.3 Å². The first kappa shape index (κ1) is 15.3. The van der Waals surface area contributed by atoms with Crippen LogP contribution in [0.2, 0.25) is 0 Å². The minimum absolute atomic E-state index is 0.0473. The number of nitrogens with zero attached hydrogens (tertiary/aromatic N) is 1. The summed E-state index contributed by atoms with van der Waals surface area (Å²) in [5, 5.41) is 2.72. The van der Waals surface area contributed by atoms with Crippen LogP contribution in [0.5, 0.6) is 0 Å². The number of anilines is 3. The van der Waals surface area contributed by atoms with Crippen molar-refractivity contribution in [2.24, 2.45) is 0 Å². The van der Waals surface area contributed by atoms with Crippen molar-refractivity contribution in [2.75, 3.05) is 30.0 Å². The Balaban J connectivity index is 2.33. The van der Waals surface area contributed by atoms with Gasteiger partial charge in [-0.2, -0.15) is 0 Å². The van der Waals surface area contributed by atoms with Crippen molar-refractivity contribution in [1.82, 2.24) is 0 Å². The van der Waals surface area contributed by atoms with Crippen LogP contribution in [-0.2, 0) is 0 Å². The van der Waals surface area contributed by atoms with Crippen LogP contribution in [0.3, 0.4) is 0 Å². The summed E-state index contributed by atoms with van der Waals surface area (Å²) in [6, 6.07) is 9.48. The van der Waals surface area contributed by atoms with Gasteiger partial charge in [-0.15, -0.1) is 0 Å². The van der Waals surface area contributed by atoms with Crippen LogP contribution < -0.4 is 16.0 Å². The van der Waals surface area contributed by atoms with Gasteiger partial charge in [0.15, 0.2) is 0 Å². The lowest BCUT2D eigenvalue weighted by atomic mass is 10.1. The Morgan fingerprint density at radius 2 is 1.95 bits per heavy atom. The van der Waals surface area contributed by atoms with E-state index in [4.69, 9.17) is 5.73 Å². The third-order valence-electron chi connectivity index (χ3n) is 2.93. The average molecular weight is 352 g/mol. The van der Waals surface area contributed by atoms with Crippen LogP contribution in [0.4, 0.5) is 21.5 Å². The third-order valence-corrected chi connectivity index (χ3v) is 3.42. The lowest BCUT2D eigenvalue weighted by molar-refractivity contribution is 0.102. The van der Waals surface area contributed by atoms with E-state index >= 15 is 0 Å². The minimum atomic E-state index is -0.645. The van der Waals surface area contributed by atoms with Gasteiger partial charge in [0.25, 0.3) is 5.91 Å². The molecule has 21 heavy (non-hydrogen) atoms. The van der Waals surface area contributed by atoms with E-state index < -0.39 is 11.7 Å². The maximum atomic E-state index is 13.8. The molecule has 0 bridgehead atoms. The first-order valence-corrected chi connectivity index (χ1v) is 7.01. The fourth-order valence-corrected chi connectivity index (χ4v) is 2.26. The maximum Gasteiger partial charge on any atom is 0.258 e. The van der Waals surface area contributed by atoms with Crippen molar-refractivity contribution in [3.63, 3.8) is 0 Å². The van der Waals surface area contributed by atoms with E-state index in [9.17, 15) is 9.18 Å². The Morgan fingerprint density at radius 1 is 1.24 bits per heavy atom. The molecule has 0 heterocycles. The molecular formula is C15H15BrFN3O. The first-order chi connectivity index (χ1) is 9.88. The molecule has 0 aromatic heterocycles. The summed E-state index contributed by atoms with van der Waals surface area (Å²) in [5.41, 5.74) is 7.13. The van der Waals surface area contributed by atoms with E-state index in [0.717, 1.165) is 16.2 Å². The Hall–Kier alpha value is -2.08. The zero-order valence-electron chi connectivity index (χ0n) is 11.7. The zero-order chi connectivity index (χ0) is 15.6. The third kappa shape index (κ3) is 3.52. The molecule has 3 N–H and O–H groups in total. The molecule has 0 radical (unpaired) electrons. The number of rotatable bonds is 3. The van der Waals surface area contributed by atoms with Gasteiger partial charge in [0, 0.05) is 24.3 Å². The quantitative estimate of drug-likeness (QED) is 0.832. The molecule has 0 saturated heterocycles. The number of halogens is 2. The monoisotopic (exact) mass is 351 g/mol. The Kier molecular flexibility index (Phi) is 4.47. The van der Waals surface area contributed by atoms with Crippen molar-refractivity contribution in [2.45, 2.75) is 0 Å². The van der Waals surface area contributed by atoms with Gasteiger partial charge in [0.05, 0.1) is 16.9 Å². The van der Waals surface area contributed by atoms with Gasteiger partial charge in [-0.3, -0.25) is 4.79 Å². The van der Waals surface area contributed by atoms with Crippen LogP contribution in [-0.4, -0.2) is 20.0 Å². The summed E-state index contributed by atoms with van der Waals surface area (Å²) in [6.45, 7) is 0. The molecule has 110 valence electrons. The number of carbonyl (C=O) groups excluding carboxylic acids is 1. The number of amides is 1. The van der Waals surface area contributed by atoms with E-state index in [1.165, 1.54) is 12.1 Å². The molecule has 6 heteroatoms. The largest absolute Gasteiger partial charge is 0.399 e. The molecule has 0 saturated carbocycles. The molecule has 0 unspecified atom stereocenters. The number of hydrogen-bond acceptors (Lipinski definition) is 3. The highest BCUT2D eigenvalue weighted by molar-refractivity contribution is 9.10. The van der Waals surface area contributed by atoms with Crippen molar-refractivity contribution in [3.8, 4) is 0 Å². The SMILES string of the molecule is CN(C)c1ccc(Br)cc1NC(=O)c1ccc(N)cc1F. The van der Waals surface area contributed by atoms with Crippen molar-refractivity contribution >= 4 is 38.9 Å². The number of benzene rings is 2. The topological polar surface area (TPSA) is 58.4 Å². The molecule has 0 fully saturated rings. The second kappa shape index (κ2) is 6.13. The summed E-state index contributed by atoms with van der Waals surface area (Å²) in [7, 11) is 3.73. The van der Waals surface area contributed by atoms with Crippen LogP contribution in [0.15, 0.2) is 40.9 Å². The lowest BCUT2D eigenvalue weighted by Crippen LogP contribution is -2.17. The van der Waals surface area contributed by atoms with Gasteiger partial charge < -0.3 is 16.0 Å². The fraction of sp³-hybridized carbons (Fsp3) is 0.133. The van der Waals surface area contributed by atoms with Gasteiger partial charge in [-0.1, -0.05) is 15.9 Å². The number of nitrogens with two attached hydrogens (primary N) is 1. The van der Waals surface area contributed by atoms with Gasteiger partial charge in [0.2, 0.25) is 0 Å². The van der Waals surface area contributed by atoms with Crippen LogP contribution in [0.25, 0.3) is 0 Å². The van der Waals surface area contributed by atoms with Crippen molar-refractivity contribution < 1.29 is 9.18 Å². The Bertz CT molecular complexity index is 689. The van der Waals surface area contributed by atoms with Gasteiger partial charge >= 0.3 is 0 Å². The molecule has 0 aliphatic heterocycles. The Labute approximate surface area is 130 Å². The van der Waals surface area contributed by atoms with Crippen LogP contribution in [0, 0.1) is 5.82 Å². The molecule has 2 aromatic carbocycles. The highest BCUT2D eigenvalue weighted by atomic mass is 79.9. The van der Waals surface area contributed by atoms with Gasteiger partial charge in [0.1, 0.15) is 5.82 Å². The normalized spacial score (nSPS) is 10.3. The molecule has 4 nitrogen and oxygen atoms in total. The van der Waals surface area contributed by atoms with Crippen LogP contribution in [0.1, 0.15) is 10.4 Å². The second-order valence-corrected chi connectivity index (χ2v) is 5.66. The molecular weight excluding hydrogens is 337 g/mol. The van der Waals surface area contributed by atoms with E-state index in [0.29, 0.717) is 5.69 Å². The maximum absolute atomic E-state index is 13.8. The lowest BCUT2D eigenvalue weighted by Gasteiger charge is -2.18. The predicted molar refractivity (Wildman–Crippen MR) is 87.2 cm³/mol. The molecule has 2 rings (SSSR count). The standard InChI is InChI=1S/C15H15BrFN3O/c1-20(2)14-6-3-9(16)7-13(14)19-15(21)11-5-4-10(18)8-12(11)17/h3-8H,18H2,1-2H3,(H,19,21). The van der Waals surface area contributed by atoms with Crippen molar-refractivity contribution in [3.05, 3.63) is 52.3 Å². The molecule has 0 aliphatic carbocycles. The smallest absolute Gasteiger partial charge is 0.258 e. The highest BCUT2D eigenvalue weighted by Crippen LogP contribution is 2.28. The molecule has 0 spiro atoms. The number of carbonyl (C=O) groups is 1. The summed E-state index contributed by atoms with van der Waals surface area (Å²) in [6.07, 6.45) is 0. The average Bonchev–Trinajstić information content (AvgIpc) is 2.37. The summed E-state index contributed by atoms with van der Waals surface area (Å²) in [5.74, 6) is -1.16. The second-order valence-electron chi connectivity index (χ2n) is 4.75. The predicted octanol–water partition coefficient (Wildman–Crippen LogP) is 3.49. The van der Waals surface area contributed by atoms with Crippen LogP contribution >= 0.6 is 15.9 Å². The molecule has 0 aliphatic rings. The highest BCUT2D eigenvalue weighted by Gasteiger charge is 2.14. The minimum Gasteiger partial charge on any atom is -0.399 e. The number of nitrogens with one attached hydrogen (secondary N) is 1. The number of hydrogen-bond donors (Lipinski definition) is 2. The zero-order valence-corrected chi connectivity index (χ0v) is 13.2. The summed E-state index contributed by atoms with van der Waals surface area (Å²) >= 11 is 3.36. The fourth-order valence-electron chi connectivity index (χ4n) is 1.90. The van der Waals surface area contributed by atoms with E-state index in [2.05, 4.69) is 21.2 Å². The van der Waals surface area contributed by atoms with Gasteiger partial charge in [-0.05, 0) is 36.4 Å². The van der Waals surface area contributed by atoms with E-state index in [1.54, 1.807) is 6.07 Å². The molecule has 1 amide bonds. The van der Waals surface area contributed by atoms with Crippen molar-refractivity contribution in [1.29, 1.82) is 0 Å². The molecule has 0 atom stereocenters. The van der Waals surface area contributed by atoms with Gasteiger partial charge in [-0.25, -0.2) is 4.39 Å². The summed E-state index contributed by atoms with van der Waals surface area (Å²) < 4.78 is 14.6. The van der Waals surface area contributed by atoms with E-state index in [1.807, 2.05) is 31.1 Å². The molecule has 2 aromatic rings. The number of nitrogen functional groups attached to an aromatic ring is 1.